The zero-order chi connectivity index (χ0) is 14.3. The second-order valence-corrected chi connectivity index (χ2v) is 6.90. The van der Waals surface area contributed by atoms with Gasteiger partial charge in [0, 0.05) is 13.2 Å². The average Bonchev–Trinajstić information content (AvgIpc) is 2.36. The molecule has 0 aromatic heterocycles. The highest BCUT2D eigenvalue weighted by molar-refractivity contribution is 7.89. The summed E-state index contributed by atoms with van der Waals surface area (Å²) in [6, 6.07) is 9.49. The minimum atomic E-state index is -3.31. The molecule has 19 heavy (non-hydrogen) atoms. The molecule has 4 nitrogen and oxygen atoms in total. The van der Waals surface area contributed by atoms with E-state index in [1.54, 1.807) is 0 Å². The molecule has 0 aliphatic heterocycles. The first kappa shape index (κ1) is 16.1. The van der Waals surface area contributed by atoms with Gasteiger partial charge in [-0.3, -0.25) is 0 Å². The minimum Gasteiger partial charge on any atom is -0.384 e. The molecule has 1 aromatic carbocycles. The van der Waals surface area contributed by atoms with E-state index in [0.29, 0.717) is 5.92 Å². The Morgan fingerprint density at radius 2 is 1.84 bits per heavy atom. The van der Waals surface area contributed by atoms with Crippen molar-refractivity contribution < 1.29 is 13.2 Å². The Hall–Kier alpha value is -0.910. The highest BCUT2D eigenvalue weighted by atomic mass is 32.2. The molecule has 0 saturated carbocycles. The lowest BCUT2D eigenvalue weighted by atomic mass is 9.98. The number of hydrogen-bond acceptors (Lipinski definition) is 3. The van der Waals surface area contributed by atoms with Crippen LogP contribution in [0.5, 0.6) is 0 Å². The van der Waals surface area contributed by atoms with Gasteiger partial charge in [0.25, 0.3) is 0 Å². The van der Waals surface area contributed by atoms with Gasteiger partial charge in [-0.05, 0) is 17.9 Å². The Labute approximate surface area is 116 Å². The van der Waals surface area contributed by atoms with E-state index in [0.717, 1.165) is 12.0 Å². The van der Waals surface area contributed by atoms with Crippen LogP contribution >= 0.6 is 0 Å². The number of benzene rings is 1. The molecule has 0 radical (unpaired) electrons. The van der Waals surface area contributed by atoms with E-state index in [1.807, 2.05) is 30.3 Å². The maximum Gasteiger partial charge on any atom is 0.214 e. The van der Waals surface area contributed by atoms with Crippen LogP contribution in [-0.4, -0.2) is 27.9 Å². The first-order chi connectivity index (χ1) is 8.94. The predicted molar refractivity (Wildman–Crippen MR) is 77.4 cm³/mol. The normalized spacial score (nSPS) is 13.7. The van der Waals surface area contributed by atoms with Crippen LogP contribution in [0.3, 0.4) is 0 Å². The van der Waals surface area contributed by atoms with Crippen molar-refractivity contribution >= 4 is 10.0 Å². The molecule has 1 rings (SSSR count). The molecule has 0 aliphatic rings. The van der Waals surface area contributed by atoms with Crippen molar-refractivity contribution in [1.82, 2.24) is 4.72 Å². The van der Waals surface area contributed by atoms with Crippen LogP contribution in [0.25, 0.3) is 0 Å². The van der Waals surface area contributed by atoms with Crippen LogP contribution < -0.4 is 4.72 Å². The van der Waals surface area contributed by atoms with E-state index in [2.05, 4.69) is 18.6 Å². The van der Waals surface area contributed by atoms with E-state index in [-0.39, 0.29) is 18.4 Å². The van der Waals surface area contributed by atoms with Crippen LogP contribution in [0.15, 0.2) is 30.3 Å². The third-order valence-electron chi connectivity index (χ3n) is 2.79. The summed E-state index contributed by atoms with van der Waals surface area (Å²) < 4.78 is 31.5. The maximum absolute atomic E-state index is 12.0. The molecule has 0 aliphatic carbocycles. The molecule has 1 atom stereocenters. The Morgan fingerprint density at radius 1 is 1.21 bits per heavy atom. The highest BCUT2D eigenvalue weighted by Crippen LogP contribution is 2.21. The number of nitrogens with one attached hydrogen (secondary N) is 1. The summed E-state index contributed by atoms with van der Waals surface area (Å²) in [6.07, 6.45) is 0.774. The van der Waals surface area contributed by atoms with Crippen molar-refractivity contribution in [3.05, 3.63) is 35.9 Å². The monoisotopic (exact) mass is 285 g/mol. The number of rotatable bonds is 8. The minimum absolute atomic E-state index is 0.00900. The molecule has 0 fully saturated rings. The van der Waals surface area contributed by atoms with Crippen molar-refractivity contribution in [3.63, 3.8) is 0 Å². The Balaban J connectivity index is 2.81. The SMILES string of the molecule is COCCS(=O)(=O)NC(CC(C)C)c1ccccc1. The zero-order valence-electron chi connectivity index (χ0n) is 11.8. The van der Waals surface area contributed by atoms with E-state index in [9.17, 15) is 8.42 Å². The summed E-state index contributed by atoms with van der Waals surface area (Å²) in [5, 5.41) is 0. The molecule has 1 N–H and O–H groups in total. The predicted octanol–water partition coefficient (Wildman–Crippen LogP) is 2.34. The summed E-state index contributed by atoms with van der Waals surface area (Å²) in [5.41, 5.74) is 0.997. The first-order valence-corrected chi connectivity index (χ1v) is 8.13. The lowest BCUT2D eigenvalue weighted by molar-refractivity contribution is 0.216. The quantitative estimate of drug-likeness (QED) is 0.797. The average molecular weight is 285 g/mol. The van der Waals surface area contributed by atoms with Crippen molar-refractivity contribution in [1.29, 1.82) is 0 Å². The molecular weight excluding hydrogens is 262 g/mol. The molecule has 0 spiro atoms. The first-order valence-electron chi connectivity index (χ1n) is 6.48. The topological polar surface area (TPSA) is 55.4 Å². The molecule has 0 heterocycles. The zero-order valence-corrected chi connectivity index (χ0v) is 12.6. The molecule has 0 bridgehead atoms. The van der Waals surface area contributed by atoms with Crippen molar-refractivity contribution in [2.45, 2.75) is 26.3 Å². The fraction of sp³-hybridized carbons (Fsp3) is 0.571. The molecule has 1 aromatic rings. The van der Waals surface area contributed by atoms with E-state index >= 15 is 0 Å². The van der Waals surface area contributed by atoms with Crippen molar-refractivity contribution in [2.24, 2.45) is 5.92 Å². The Morgan fingerprint density at radius 3 is 2.37 bits per heavy atom. The third kappa shape index (κ3) is 6.18. The molecule has 0 amide bonds. The lowest BCUT2D eigenvalue weighted by Gasteiger charge is -2.21. The molecule has 1 unspecified atom stereocenters. The van der Waals surface area contributed by atoms with Gasteiger partial charge in [0.15, 0.2) is 0 Å². The molecule has 5 heteroatoms. The van der Waals surface area contributed by atoms with Crippen LogP contribution in [0, 0.1) is 5.92 Å². The van der Waals surface area contributed by atoms with Gasteiger partial charge in [-0.2, -0.15) is 0 Å². The van der Waals surface area contributed by atoms with Gasteiger partial charge in [-0.1, -0.05) is 44.2 Å². The Kier molecular flexibility index (Phi) is 6.48. The van der Waals surface area contributed by atoms with Gasteiger partial charge in [-0.25, -0.2) is 13.1 Å². The summed E-state index contributed by atoms with van der Waals surface area (Å²) in [5.74, 6) is 0.403. The smallest absolute Gasteiger partial charge is 0.214 e. The van der Waals surface area contributed by atoms with Crippen LogP contribution in [-0.2, 0) is 14.8 Å². The van der Waals surface area contributed by atoms with E-state index in [4.69, 9.17) is 4.74 Å². The highest BCUT2D eigenvalue weighted by Gasteiger charge is 2.20. The fourth-order valence-corrected chi connectivity index (χ4v) is 3.05. The fourth-order valence-electron chi connectivity index (χ4n) is 1.88. The van der Waals surface area contributed by atoms with Crippen LogP contribution in [0.1, 0.15) is 31.9 Å². The largest absolute Gasteiger partial charge is 0.384 e. The van der Waals surface area contributed by atoms with Gasteiger partial charge in [0.2, 0.25) is 10.0 Å². The third-order valence-corrected chi connectivity index (χ3v) is 4.13. The number of sulfonamides is 1. The van der Waals surface area contributed by atoms with Crippen molar-refractivity contribution in [2.75, 3.05) is 19.5 Å². The van der Waals surface area contributed by atoms with Gasteiger partial charge in [-0.15, -0.1) is 0 Å². The van der Waals surface area contributed by atoms with Gasteiger partial charge in [0.05, 0.1) is 12.4 Å². The summed E-state index contributed by atoms with van der Waals surface area (Å²) in [7, 11) is -1.81. The second kappa shape index (κ2) is 7.62. The summed E-state index contributed by atoms with van der Waals surface area (Å²) in [6.45, 7) is 4.37. The molecule has 108 valence electrons. The van der Waals surface area contributed by atoms with Gasteiger partial charge < -0.3 is 4.74 Å². The molecular formula is C14H23NO3S. The summed E-state index contributed by atoms with van der Waals surface area (Å²) >= 11 is 0. The Bertz CT molecular complexity index is 457. The molecule has 0 saturated heterocycles. The van der Waals surface area contributed by atoms with Gasteiger partial charge >= 0.3 is 0 Å². The van der Waals surface area contributed by atoms with Crippen LogP contribution in [0.2, 0.25) is 0 Å². The summed E-state index contributed by atoms with van der Waals surface area (Å²) in [4.78, 5) is 0. The van der Waals surface area contributed by atoms with Crippen molar-refractivity contribution in [3.8, 4) is 0 Å². The standard InChI is InChI=1S/C14H23NO3S/c1-12(2)11-14(13-7-5-4-6-8-13)15-19(16,17)10-9-18-3/h4-8,12,14-15H,9-11H2,1-3H3. The second-order valence-electron chi connectivity index (χ2n) is 5.02. The van der Waals surface area contributed by atoms with E-state index < -0.39 is 10.0 Å². The van der Waals surface area contributed by atoms with E-state index in [1.165, 1.54) is 7.11 Å². The number of hydrogen-bond donors (Lipinski definition) is 1. The maximum atomic E-state index is 12.0. The van der Waals surface area contributed by atoms with Gasteiger partial charge in [0.1, 0.15) is 0 Å². The lowest BCUT2D eigenvalue weighted by Crippen LogP contribution is -2.32. The number of methoxy groups -OCH3 is 1. The number of ether oxygens (including phenoxy) is 1. The van der Waals surface area contributed by atoms with Crippen LogP contribution in [0.4, 0.5) is 0 Å².